The minimum absolute atomic E-state index is 0.248. The van der Waals surface area contributed by atoms with Gasteiger partial charge >= 0.3 is 0 Å². The van der Waals surface area contributed by atoms with Gasteiger partial charge in [-0.15, -0.1) is 0 Å². The van der Waals surface area contributed by atoms with E-state index in [1.54, 1.807) is 36.4 Å². The molecule has 6 nitrogen and oxygen atoms in total. The summed E-state index contributed by atoms with van der Waals surface area (Å²) >= 11 is 6.39. The average Bonchev–Trinajstić information content (AvgIpc) is 2.67. The molecule has 0 aliphatic carbocycles. The van der Waals surface area contributed by atoms with E-state index in [1.165, 1.54) is 21.3 Å². The van der Waals surface area contributed by atoms with Crippen LogP contribution in [0.15, 0.2) is 41.2 Å². The van der Waals surface area contributed by atoms with Crippen LogP contribution in [0.3, 0.4) is 0 Å². The average molecular weight is 373 g/mol. The van der Waals surface area contributed by atoms with Crippen LogP contribution >= 0.6 is 11.6 Å². The number of fused-ring (bicyclic) bond motifs is 1. The molecule has 0 spiro atoms. The third-order valence-electron chi connectivity index (χ3n) is 3.82. The summed E-state index contributed by atoms with van der Waals surface area (Å²) in [5.74, 6) is 1.77. The van der Waals surface area contributed by atoms with E-state index < -0.39 is 0 Å². The normalized spacial score (nSPS) is 11.5. The van der Waals surface area contributed by atoms with Gasteiger partial charge in [0.2, 0.25) is 5.75 Å². The van der Waals surface area contributed by atoms with Crippen molar-refractivity contribution in [1.29, 1.82) is 0 Å². The fraction of sp³-hybridized carbons (Fsp3) is 0.158. The minimum Gasteiger partial charge on any atom is -0.493 e. The summed E-state index contributed by atoms with van der Waals surface area (Å²) in [6.07, 6.45) is 1.67. The van der Waals surface area contributed by atoms with E-state index in [-0.39, 0.29) is 16.4 Å². The smallest absolute Gasteiger partial charge is 0.259 e. The zero-order valence-corrected chi connectivity index (χ0v) is 15.3. The number of para-hydroxylation sites is 1. The molecule has 1 heterocycles. The van der Waals surface area contributed by atoms with Crippen LogP contribution in [0.2, 0.25) is 0 Å². The van der Waals surface area contributed by atoms with E-state index in [0.717, 1.165) is 0 Å². The van der Waals surface area contributed by atoms with E-state index in [4.69, 9.17) is 25.8 Å². The zero-order chi connectivity index (χ0) is 18.7. The summed E-state index contributed by atoms with van der Waals surface area (Å²) in [6, 6.07) is 10.6. The molecule has 0 amide bonds. The third-order valence-corrected chi connectivity index (χ3v) is 4.11. The molecule has 0 unspecified atom stereocenters. The number of halogens is 1. The number of hydrogen-bond acceptors (Lipinski definition) is 5. The molecular weight excluding hydrogens is 356 g/mol. The molecule has 26 heavy (non-hydrogen) atoms. The second-order valence-electron chi connectivity index (χ2n) is 5.38. The van der Waals surface area contributed by atoms with Crippen LogP contribution < -0.4 is 19.8 Å². The van der Waals surface area contributed by atoms with Gasteiger partial charge in [-0.25, -0.2) is 4.98 Å². The van der Waals surface area contributed by atoms with Crippen LogP contribution in [0.1, 0.15) is 11.4 Å². The number of H-pyrrole nitrogens is 1. The van der Waals surface area contributed by atoms with Crippen molar-refractivity contribution in [2.45, 2.75) is 0 Å². The lowest BCUT2D eigenvalue weighted by Gasteiger charge is -2.13. The number of nitrogens with zero attached hydrogens (tertiary/aromatic N) is 1. The van der Waals surface area contributed by atoms with Crippen molar-refractivity contribution in [1.82, 2.24) is 9.97 Å². The molecular formula is C19H17ClN2O4. The Morgan fingerprint density at radius 1 is 1.08 bits per heavy atom. The SMILES string of the molecule is COc1cc(C=C(Cl)c2nc3ccccc3c(=O)[nH]2)cc(OC)c1OC. The van der Waals surface area contributed by atoms with Gasteiger partial charge in [-0.3, -0.25) is 4.79 Å². The molecule has 3 aromatic rings. The summed E-state index contributed by atoms with van der Waals surface area (Å²) in [6.45, 7) is 0. The van der Waals surface area contributed by atoms with Crippen LogP contribution in [0, 0.1) is 0 Å². The van der Waals surface area contributed by atoms with Gasteiger partial charge in [0.25, 0.3) is 5.56 Å². The molecule has 0 saturated carbocycles. The van der Waals surface area contributed by atoms with Crippen molar-refractivity contribution in [3.63, 3.8) is 0 Å². The number of hydrogen-bond donors (Lipinski definition) is 1. The second kappa shape index (κ2) is 7.49. The van der Waals surface area contributed by atoms with E-state index >= 15 is 0 Å². The third kappa shape index (κ3) is 3.36. The molecule has 0 radical (unpaired) electrons. The highest BCUT2D eigenvalue weighted by Gasteiger charge is 2.13. The molecule has 0 fully saturated rings. The van der Waals surface area contributed by atoms with E-state index in [9.17, 15) is 4.79 Å². The first-order valence-corrected chi connectivity index (χ1v) is 8.11. The first-order chi connectivity index (χ1) is 12.6. The first kappa shape index (κ1) is 17.8. The number of rotatable bonds is 5. The Morgan fingerprint density at radius 2 is 1.73 bits per heavy atom. The summed E-state index contributed by atoms with van der Waals surface area (Å²) in [7, 11) is 4.61. The number of ether oxygens (including phenoxy) is 3. The van der Waals surface area contributed by atoms with Crippen molar-refractivity contribution in [3.8, 4) is 17.2 Å². The summed E-state index contributed by atoms with van der Waals surface area (Å²) in [5.41, 5.74) is 1.03. The lowest BCUT2D eigenvalue weighted by atomic mass is 10.1. The van der Waals surface area contributed by atoms with Gasteiger partial charge in [0.15, 0.2) is 17.3 Å². The van der Waals surface area contributed by atoms with Gasteiger partial charge < -0.3 is 19.2 Å². The molecule has 2 aromatic carbocycles. The van der Waals surface area contributed by atoms with Crippen molar-refractivity contribution in [3.05, 3.63) is 58.1 Å². The van der Waals surface area contributed by atoms with Crippen LogP contribution in [0.4, 0.5) is 0 Å². The molecule has 0 saturated heterocycles. The Labute approximate surface area is 155 Å². The van der Waals surface area contributed by atoms with E-state index in [0.29, 0.717) is 33.7 Å². The maximum absolute atomic E-state index is 12.2. The highest BCUT2D eigenvalue weighted by molar-refractivity contribution is 6.50. The fourth-order valence-electron chi connectivity index (χ4n) is 2.60. The van der Waals surface area contributed by atoms with Gasteiger partial charge in [-0.2, -0.15) is 0 Å². The van der Waals surface area contributed by atoms with Gasteiger partial charge in [0, 0.05) is 0 Å². The number of nitrogens with one attached hydrogen (secondary N) is 1. The van der Waals surface area contributed by atoms with Crippen LogP contribution in [-0.4, -0.2) is 31.3 Å². The largest absolute Gasteiger partial charge is 0.493 e. The minimum atomic E-state index is -0.248. The molecule has 0 aliphatic heterocycles. The maximum atomic E-state index is 12.2. The fourth-order valence-corrected chi connectivity index (χ4v) is 2.81. The van der Waals surface area contributed by atoms with Gasteiger partial charge in [0.05, 0.1) is 37.3 Å². The topological polar surface area (TPSA) is 73.4 Å². The van der Waals surface area contributed by atoms with Crippen molar-refractivity contribution < 1.29 is 14.2 Å². The summed E-state index contributed by atoms with van der Waals surface area (Å²) in [5, 5.41) is 0.788. The molecule has 1 N–H and O–H groups in total. The Bertz CT molecular complexity index is 1020. The lowest BCUT2D eigenvalue weighted by molar-refractivity contribution is 0.324. The standard InChI is InChI=1S/C19H17ClN2O4/c1-24-15-9-11(10-16(25-2)17(15)26-3)8-13(20)18-21-14-7-5-4-6-12(14)19(23)22-18/h4-10H,1-3H3,(H,21,22,23). The van der Waals surface area contributed by atoms with Crippen molar-refractivity contribution >= 4 is 33.6 Å². The Morgan fingerprint density at radius 3 is 2.35 bits per heavy atom. The Hall–Kier alpha value is -2.99. The van der Waals surface area contributed by atoms with Crippen molar-refractivity contribution in [2.24, 2.45) is 0 Å². The quantitative estimate of drug-likeness (QED) is 0.739. The molecule has 0 bridgehead atoms. The maximum Gasteiger partial charge on any atom is 0.259 e. The zero-order valence-electron chi connectivity index (χ0n) is 14.5. The highest BCUT2D eigenvalue weighted by Crippen LogP contribution is 2.39. The molecule has 1 aromatic heterocycles. The Kier molecular flexibility index (Phi) is 5.14. The highest BCUT2D eigenvalue weighted by atomic mass is 35.5. The summed E-state index contributed by atoms with van der Waals surface area (Å²) in [4.78, 5) is 19.3. The lowest BCUT2D eigenvalue weighted by Crippen LogP contribution is -2.10. The molecule has 134 valence electrons. The number of aromatic nitrogens is 2. The second-order valence-corrected chi connectivity index (χ2v) is 5.79. The summed E-state index contributed by atoms with van der Waals surface area (Å²) < 4.78 is 16.0. The van der Waals surface area contributed by atoms with Crippen LogP contribution in [0.25, 0.3) is 22.0 Å². The molecule has 0 atom stereocenters. The number of aromatic amines is 1. The predicted octanol–water partition coefficient (Wildman–Crippen LogP) is 3.69. The molecule has 7 heteroatoms. The van der Waals surface area contributed by atoms with E-state index in [2.05, 4.69) is 9.97 Å². The molecule has 0 aliphatic rings. The first-order valence-electron chi connectivity index (χ1n) is 7.74. The van der Waals surface area contributed by atoms with Gasteiger partial charge in [0.1, 0.15) is 0 Å². The monoisotopic (exact) mass is 372 g/mol. The molecule has 3 rings (SSSR count). The predicted molar refractivity (Wildman–Crippen MR) is 102 cm³/mol. The van der Waals surface area contributed by atoms with E-state index in [1.807, 2.05) is 6.07 Å². The Balaban J connectivity index is 2.09. The number of benzene rings is 2. The van der Waals surface area contributed by atoms with Crippen molar-refractivity contribution in [2.75, 3.05) is 21.3 Å². The number of methoxy groups -OCH3 is 3. The van der Waals surface area contributed by atoms with Gasteiger partial charge in [-0.05, 0) is 35.9 Å². The van der Waals surface area contributed by atoms with Crippen LogP contribution in [-0.2, 0) is 0 Å². The van der Waals surface area contributed by atoms with Crippen LogP contribution in [0.5, 0.6) is 17.2 Å². The van der Waals surface area contributed by atoms with Gasteiger partial charge in [-0.1, -0.05) is 23.7 Å².